The predicted octanol–water partition coefficient (Wildman–Crippen LogP) is 3.89. The van der Waals surface area contributed by atoms with Gasteiger partial charge in [0, 0.05) is 4.47 Å². The first-order chi connectivity index (χ1) is 8.95. The number of anilines is 1. The maximum Gasteiger partial charge on any atom is 0.237 e. The quantitative estimate of drug-likeness (QED) is 0.803. The van der Waals surface area contributed by atoms with Crippen LogP contribution in [0.25, 0.3) is 0 Å². The molecular formula is C13H14BrClN2OS. The molecule has 0 aromatic heterocycles. The molecule has 1 aliphatic carbocycles. The number of hydrogen-bond donors (Lipinski definition) is 2. The minimum Gasteiger partial charge on any atom is -0.392 e. The minimum absolute atomic E-state index is 0.151. The zero-order valence-corrected chi connectivity index (χ0v) is 13.4. The monoisotopic (exact) mass is 360 g/mol. The summed E-state index contributed by atoms with van der Waals surface area (Å²) < 4.78 is 0.862. The van der Waals surface area contributed by atoms with E-state index < -0.39 is 5.41 Å². The van der Waals surface area contributed by atoms with E-state index in [4.69, 9.17) is 29.6 Å². The van der Waals surface area contributed by atoms with E-state index in [1.807, 2.05) is 6.07 Å². The molecule has 0 spiro atoms. The molecule has 0 unspecified atom stereocenters. The van der Waals surface area contributed by atoms with Gasteiger partial charge in [-0.05, 0) is 31.0 Å². The van der Waals surface area contributed by atoms with E-state index in [-0.39, 0.29) is 10.9 Å². The van der Waals surface area contributed by atoms with Crippen LogP contribution in [0.2, 0.25) is 5.02 Å². The standard InChI is InChI=1S/C13H14BrClN2OS/c14-8-3-4-10(9(15)7-8)17-12(18)13(11(16)19)5-1-2-6-13/h3-4,7H,1-2,5-6H2,(H2,16,19)(H,17,18). The van der Waals surface area contributed by atoms with Gasteiger partial charge in [-0.2, -0.15) is 0 Å². The molecule has 1 aromatic carbocycles. The molecule has 2 rings (SSSR count). The summed E-state index contributed by atoms with van der Waals surface area (Å²) in [7, 11) is 0. The molecule has 1 aromatic rings. The van der Waals surface area contributed by atoms with Crippen LogP contribution in [0.4, 0.5) is 5.69 Å². The fourth-order valence-electron chi connectivity index (χ4n) is 2.40. The maximum absolute atomic E-state index is 12.5. The van der Waals surface area contributed by atoms with Crippen LogP contribution >= 0.6 is 39.7 Å². The van der Waals surface area contributed by atoms with Gasteiger partial charge in [0.2, 0.25) is 5.91 Å². The Labute approximate surface area is 131 Å². The van der Waals surface area contributed by atoms with Crippen LogP contribution in [0, 0.1) is 5.41 Å². The smallest absolute Gasteiger partial charge is 0.237 e. The van der Waals surface area contributed by atoms with Gasteiger partial charge in [-0.3, -0.25) is 4.79 Å². The number of carbonyl (C=O) groups excluding carboxylic acids is 1. The van der Waals surface area contributed by atoms with Crippen molar-refractivity contribution < 1.29 is 4.79 Å². The second kappa shape index (κ2) is 5.77. The predicted molar refractivity (Wildman–Crippen MR) is 85.5 cm³/mol. The van der Waals surface area contributed by atoms with Crippen LogP contribution in [-0.2, 0) is 4.79 Å². The molecule has 102 valence electrons. The molecule has 0 heterocycles. The van der Waals surface area contributed by atoms with Crippen LogP contribution in [-0.4, -0.2) is 10.9 Å². The topological polar surface area (TPSA) is 55.1 Å². The summed E-state index contributed by atoms with van der Waals surface area (Å²) in [5, 5.41) is 3.33. The van der Waals surface area contributed by atoms with Crippen LogP contribution in [0.3, 0.4) is 0 Å². The number of benzene rings is 1. The summed E-state index contributed by atoms with van der Waals surface area (Å²) in [6.07, 6.45) is 3.36. The summed E-state index contributed by atoms with van der Waals surface area (Å²) in [5.41, 5.74) is 5.64. The lowest BCUT2D eigenvalue weighted by molar-refractivity contribution is -0.122. The first kappa shape index (κ1) is 14.8. The van der Waals surface area contributed by atoms with Crippen molar-refractivity contribution >= 4 is 56.3 Å². The third-order valence-corrected chi connectivity index (χ3v) is 4.74. The van der Waals surface area contributed by atoms with Crippen molar-refractivity contribution in [1.29, 1.82) is 0 Å². The Morgan fingerprint density at radius 2 is 2.05 bits per heavy atom. The zero-order valence-electron chi connectivity index (χ0n) is 10.2. The van der Waals surface area contributed by atoms with Gasteiger partial charge >= 0.3 is 0 Å². The van der Waals surface area contributed by atoms with Gasteiger partial charge in [-0.1, -0.05) is 52.6 Å². The lowest BCUT2D eigenvalue weighted by Crippen LogP contribution is -2.43. The molecule has 3 N–H and O–H groups in total. The zero-order chi connectivity index (χ0) is 14.0. The summed E-state index contributed by atoms with van der Waals surface area (Å²) in [5.74, 6) is -0.151. The van der Waals surface area contributed by atoms with Crippen molar-refractivity contribution in [2.24, 2.45) is 11.1 Å². The first-order valence-electron chi connectivity index (χ1n) is 6.02. The van der Waals surface area contributed by atoms with Gasteiger partial charge in [0.05, 0.1) is 21.1 Å². The van der Waals surface area contributed by atoms with Gasteiger partial charge in [-0.15, -0.1) is 0 Å². The number of nitrogens with two attached hydrogens (primary N) is 1. The molecule has 1 saturated carbocycles. The SMILES string of the molecule is NC(=S)C1(C(=O)Nc2ccc(Br)cc2Cl)CCCC1. The summed E-state index contributed by atoms with van der Waals surface area (Å²) >= 11 is 14.5. The molecule has 6 heteroatoms. The van der Waals surface area contributed by atoms with E-state index in [0.717, 1.165) is 17.3 Å². The van der Waals surface area contributed by atoms with Crippen LogP contribution in [0.1, 0.15) is 25.7 Å². The molecule has 1 aliphatic rings. The highest BCUT2D eigenvalue weighted by molar-refractivity contribution is 9.10. The molecule has 0 radical (unpaired) electrons. The van der Waals surface area contributed by atoms with Crippen LogP contribution in [0.5, 0.6) is 0 Å². The average Bonchev–Trinajstić information content (AvgIpc) is 2.83. The van der Waals surface area contributed by atoms with Gasteiger partial charge in [0.1, 0.15) is 0 Å². The molecular weight excluding hydrogens is 348 g/mol. The van der Waals surface area contributed by atoms with Crippen molar-refractivity contribution in [2.45, 2.75) is 25.7 Å². The summed E-state index contributed by atoms with van der Waals surface area (Å²) in [4.78, 5) is 12.7. The number of nitrogens with one attached hydrogen (secondary N) is 1. The molecule has 0 bridgehead atoms. The third kappa shape index (κ3) is 2.93. The lowest BCUT2D eigenvalue weighted by atomic mass is 9.85. The third-order valence-electron chi connectivity index (χ3n) is 3.54. The molecule has 0 saturated heterocycles. The largest absolute Gasteiger partial charge is 0.392 e. The molecule has 1 amide bonds. The number of thiocarbonyl (C=S) groups is 1. The average molecular weight is 362 g/mol. The Morgan fingerprint density at radius 3 is 2.58 bits per heavy atom. The fraction of sp³-hybridized carbons (Fsp3) is 0.385. The van der Waals surface area contributed by atoms with Crippen molar-refractivity contribution in [3.63, 3.8) is 0 Å². The number of rotatable bonds is 3. The Hall–Kier alpha value is -0.650. The summed E-state index contributed by atoms with van der Waals surface area (Å²) in [6.45, 7) is 0. The number of carbonyl (C=O) groups is 1. The van der Waals surface area contributed by atoms with Crippen molar-refractivity contribution in [2.75, 3.05) is 5.32 Å². The van der Waals surface area contributed by atoms with E-state index in [1.165, 1.54) is 0 Å². The lowest BCUT2D eigenvalue weighted by Gasteiger charge is -2.26. The maximum atomic E-state index is 12.5. The molecule has 0 atom stereocenters. The van der Waals surface area contributed by atoms with Crippen LogP contribution in [0.15, 0.2) is 22.7 Å². The molecule has 3 nitrogen and oxygen atoms in total. The Bertz CT molecular complexity index is 529. The van der Waals surface area contributed by atoms with Gasteiger partial charge < -0.3 is 11.1 Å². The van der Waals surface area contributed by atoms with Crippen molar-refractivity contribution in [3.05, 3.63) is 27.7 Å². The number of halogens is 2. The molecule has 0 aliphatic heterocycles. The van der Waals surface area contributed by atoms with Crippen molar-refractivity contribution in [3.8, 4) is 0 Å². The highest BCUT2D eigenvalue weighted by atomic mass is 79.9. The second-order valence-corrected chi connectivity index (χ2v) is 6.49. The van der Waals surface area contributed by atoms with E-state index in [0.29, 0.717) is 23.6 Å². The molecule has 1 fully saturated rings. The second-order valence-electron chi connectivity index (χ2n) is 4.73. The fourth-order valence-corrected chi connectivity index (χ4v) is 3.41. The first-order valence-corrected chi connectivity index (χ1v) is 7.60. The number of amides is 1. The van der Waals surface area contributed by atoms with E-state index in [9.17, 15) is 4.79 Å². The normalized spacial score (nSPS) is 17.2. The van der Waals surface area contributed by atoms with Gasteiger partial charge in [-0.25, -0.2) is 0 Å². The Morgan fingerprint density at radius 1 is 1.42 bits per heavy atom. The minimum atomic E-state index is -0.717. The highest BCUT2D eigenvalue weighted by Crippen LogP contribution is 2.40. The number of hydrogen-bond acceptors (Lipinski definition) is 2. The van der Waals surface area contributed by atoms with Gasteiger partial charge in [0.25, 0.3) is 0 Å². The van der Waals surface area contributed by atoms with Gasteiger partial charge in [0.15, 0.2) is 0 Å². The van der Waals surface area contributed by atoms with E-state index in [1.54, 1.807) is 12.1 Å². The Kier molecular flexibility index (Phi) is 4.48. The van der Waals surface area contributed by atoms with Crippen LogP contribution < -0.4 is 11.1 Å². The summed E-state index contributed by atoms with van der Waals surface area (Å²) in [6, 6.07) is 5.31. The molecule has 19 heavy (non-hydrogen) atoms. The van der Waals surface area contributed by atoms with E-state index >= 15 is 0 Å². The van der Waals surface area contributed by atoms with Crippen molar-refractivity contribution in [1.82, 2.24) is 0 Å². The highest BCUT2D eigenvalue weighted by Gasteiger charge is 2.44. The van der Waals surface area contributed by atoms with E-state index in [2.05, 4.69) is 21.2 Å². The Balaban J connectivity index is 2.22.